The third-order valence-electron chi connectivity index (χ3n) is 6.10. The maximum absolute atomic E-state index is 11.9. The smallest absolute Gasteiger partial charge is 0.305 e. The number of carboxylic acid groups (broad SMARTS) is 1. The van der Waals surface area contributed by atoms with Gasteiger partial charge in [-0.1, -0.05) is 24.3 Å². The van der Waals surface area contributed by atoms with Gasteiger partial charge in [0.1, 0.15) is 42.6 Å². The molecule has 0 saturated carbocycles. The molecule has 0 bridgehead atoms. The number of carboxylic acids is 1. The lowest BCUT2D eigenvalue weighted by atomic mass is 10.0. The van der Waals surface area contributed by atoms with Gasteiger partial charge in [-0.25, -0.2) is 0 Å². The molecule has 0 aliphatic carbocycles. The van der Waals surface area contributed by atoms with Crippen LogP contribution in [-0.2, 0) is 38.3 Å². The summed E-state index contributed by atoms with van der Waals surface area (Å²) in [5.74, 6) is -1.58. The summed E-state index contributed by atoms with van der Waals surface area (Å²) in [6, 6.07) is 9.34. The van der Waals surface area contributed by atoms with Crippen molar-refractivity contribution in [1.82, 2.24) is 0 Å². The normalized spacial score (nSPS) is 12.5. The zero-order chi connectivity index (χ0) is 42.7. The highest BCUT2D eigenvalue weighted by atomic mass is 16.5. The Bertz CT molecular complexity index is 1520. The topological polar surface area (TPSA) is 289 Å². The maximum Gasteiger partial charge on any atom is 0.305 e. The van der Waals surface area contributed by atoms with Gasteiger partial charge in [-0.15, -0.1) is 0 Å². The minimum atomic E-state index is -1.91. The van der Waals surface area contributed by atoms with Crippen molar-refractivity contribution in [3.05, 3.63) is 59.7 Å². The van der Waals surface area contributed by atoms with Crippen LogP contribution in [-0.4, -0.2) is 122 Å². The minimum Gasteiger partial charge on any atom is -0.504 e. The van der Waals surface area contributed by atoms with Crippen LogP contribution in [0.25, 0.3) is 12.2 Å². The number of esters is 1. The van der Waals surface area contributed by atoms with E-state index in [1.807, 2.05) is 0 Å². The van der Waals surface area contributed by atoms with Crippen molar-refractivity contribution in [3.8, 4) is 23.0 Å². The zero-order valence-electron chi connectivity index (χ0n) is 31.4. The van der Waals surface area contributed by atoms with E-state index in [9.17, 15) is 59.1 Å². The number of aromatic hydroxyl groups is 2. The Hall–Kier alpha value is -5.75. The Labute approximate surface area is 318 Å². The number of phenolic OH excluding ortho intramolecular Hbond substituents is 2. The average Bonchev–Trinajstić information content (AvgIpc) is 3.11. The molecule has 7 N–H and O–H groups in total. The van der Waals surface area contributed by atoms with Gasteiger partial charge in [-0.3, -0.25) is 19.2 Å². The molecule has 4 atom stereocenters. The third kappa shape index (κ3) is 25.8. The van der Waals surface area contributed by atoms with Gasteiger partial charge < -0.3 is 64.3 Å². The number of ether oxygens (including phenoxy) is 3. The Kier molecular flexibility index (Phi) is 26.8. The molecule has 2 aromatic rings. The summed E-state index contributed by atoms with van der Waals surface area (Å²) >= 11 is 0. The fourth-order valence-electron chi connectivity index (χ4n) is 3.51. The first kappa shape index (κ1) is 51.4. The Morgan fingerprint density at radius 1 is 0.691 bits per heavy atom. The lowest BCUT2D eigenvalue weighted by molar-refractivity contribution is -0.156. The number of ketones is 4. The molecule has 2 aromatic carbocycles. The molecule has 0 radical (unpaired) electrons. The number of Topliss-reactive ketones (excluding diaryl/α,β-unsaturated/α-hetero) is 2. The molecule has 2 rings (SSSR count). The second-order valence-electron chi connectivity index (χ2n) is 11.6. The highest BCUT2D eigenvalue weighted by molar-refractivity contribution is 6.10. The van der Waals surface area contributed by atoms with E-state index in [1.54, 1.807) is 36.4 Å². The number of allylic oxidation sites excluding steroid dienone is 2. The predicted octanol–water partition coefficient (Wildman–Crippen LogP) is 1.99. The Morgan fingerprint density at radius 3 is 1.47 bits per heavy atom. The summed E-state index contributed by atoms with van der Waals surface area (Å²) in [5.41, 5.74) is 1.33. The van der Waals surface area contributed by atoms with Crippen LogP contribution in [0.1, 0.15) is 64.5 Å². The van der Waals surface area contributed by atoms with Crippen LogP contribution in [0.2, 0.25) is 0 Å². The molecule has 0 aliphatic rings. The number of carbonyl (C=O) groups excluding carboxylic acids is 6. The van der Waals surface area contributed by atoms with Crippen molar-refractivity contribution in [3.63, 3.8) is 0 Å². The van der Waals surface area contributed by atoms with E-state index < -0.39 is 43.0 Å². The molecule has 304 valence electrons. The van der Waals surface area contributed by atoms with E-state index in [0.29, 0.717) is 22.6 Å². The van der Waals surface area contributed by atoms with E-state index in [1.165, 1.54) is 66.2 Å². The molecule has 0 aromatic heterocycles. The van der Waals surface area contributed by atoms with Crippen molar-refractivity contribution in [2.75, 3.05) is 20.8 Å². The molecular weight excluding hydrogens is 728 g/mol. The van der Waals surface area contributed by atoms with Crippen LogP contribution < -0.4 is 9.47 Å². The van der Waals surface area contributed by atoms with E-state index in [4.69, 9.17) is 19.7 Å². The molecule has 17 nitrogen and oxygen atoms in total. The fourth-order valence-corrected chi connectivity index (χ4v) is 3.51. The first-order chi connectivity index (χ1) is 25.7. The summed E-state index contributed by atoms with van der Waals surface area (Å²) in [6.45, 7) is 5.45. The van der Waals surface area contributed by atoms with Gasteiger partial charge in [0.2, 0.25) is 0 Å². The molecule has 0 aliphatic heterocycles. The predicted molar refractivity (Wildman–Crippen MR) is 197 cm³/mol. The number of aliphatic carboxylic acids is 1. The van der Waals surface area contributed by atoms with Crippen molar-refractivity contribution in [2.24, 2.45) is 0 Å². The van der Waals surface area contributed by atoms with Gasteiger partial charge in [0, 0.05) is 12.8 Å². The summed E-state index contributed by atoms with van der Waals surface area (Å²) < 4.78 is 14.5. The largest absolute Gasteiger partial charge is 0.504 e. The van der Waals surface area contributed by atoms with Gasteiger partial charge in [-0.05, 0) is 81.7 Å². The molecule has 0 saturated heterocycles. The van der Waals surface area contributed by atoms with Gasteiger partial charge in [0.15, 0.2) is 40.9 Å². The molecule has 17 heteroatoms. The van der Waals surface area contributed by atoms with E-state index in [0.717, 1.165) is 0 Å². The van der Waals surface area contributed by atoms with E-state index >= 15 is 0 Å². The number of benzene rings is 2. The maximum atomic E-state index is 11.9. The molecular formula is C38H50O17. The Morgan fingerprint density at radius 2 is 1.11 bits per heavy atom. The van der Waals surface area contributed by atoms with Crippen LogP contribution >= 0.6 is 0 Å². The number of hydrogen-bond acceptors (Lipinski definition) is 16. The monoisotopic (exact) mass is 778 g/mol. The summed E-state index contributed by atoms with van der Waals surface area (Å²) in [6.07, 6.45) is -2.22. The van der Waals surface area contributed by atoms with Crippen LogP contribution in [0.4, 0.5) is 0 Å². The Balaban J connectivity index is 0. The second kappa shape index (κ2) is 28.7. The zero-order valence-corrected chi connectivity index (χ0v) is 31.4. The summed E-state index contributed by atoms with van der Waals surface area (Å²) in [5, 5.41) is 64.3. The van der Waals surface area contributed by atoms with E-state index in [2.05, 4.69) is 4.74 Å². The second-order valence-corrected chi connectivity index (χ2v) is 11.6. The molecule has 0 fully saturated rings. The molecule has 55 heavy (non-hydrogen) atoms. The summed E-state index contributed by atoms with van der Waals surface area (Å²) in [4.78, 5) is 74.3. The van der Waals surface area contributed by atoms with Crippen LogP contribution in [0.5, 0.6) is 23.0 Å². The molecule has 0 heterocycles. The van der Waals surface area contributed by atoms with Gasteiger partial charge in [0.25, 0.3) is 0 Å². The van der Waals surface area contributed by atoms with E-state index in [-0.39, 0.29) is 66.6 Å². The number of rotatable bonds is 18. The molecule has 0 amide bonds. The number of aldehydes is 1. The number of carbonyl (C=O) groups is 7. The van der Waals surface area contributed by atoms with Crippen LogP contribution in [0.3, 0.4) is 0 Å². The standard InChI is InChI=1S/C21H20O6.C11H18O9.2C3H6O/c1-26-20-11-14(5-9-18(20)24)3-7-16(22)13-17(23)8-4-15-6-10-19(25)21(12-15)27-2;12-4-6(13)10(18)11(19)7(14)5-20-9(17)3-1-2-8(15)16;2*1-3(2)4/h3-12,24-25H,13H2,1-2H3;4,6-7,10-11,13-14,18-19H,1-3,5H2,(H,15,16);2*1-2H3/t;6-,7+,10+,11+;;/m.0../s1. The van der Waals surface area contributed by atoms with Crippen molar-refractivity contribution < 1.29 is 83.5 Å². The fraction of sp³-hybridized carbons (Fsp3) is 0.395. The lowest BCUT2D eigenvalue weighted by Gasteiger charge is -2.23. The highest BCUT2D eigenvalue weighted by Crippen LogP contribution is 2.27. The number of aliphatic hydroxyl groups is 4. The third-order valence-corrected chi connectivity index (χ3v) is 6.10. The average molecular weight is 779 g/mol. The number of aliphatic hydroxyl groups excluding tert-OH is 4. The lowest BCUT2D eigenvalue weighted by Crippen LogP contribution is -2.46. The SMILES string of the molecule is CC(C)=O.CC(C)=O.COc1cc(C=CC(=O)CC(=O)C=Cc2ccc(O)c(OC)c2)ccc1O.O=C[C@H](O)[C@@H](O)[C@H](O)[C@H](O)COC(=O)CCCC(=O)O. The molecule has 0 spiro atoms. The van der Waals surface area contributed by atoms with Gasteiger partial charge in [-0.2, -0.15) is 0 Å². The van der Waals surface area contributed by atoms with Crippen molar-refractivity contribution in [1.29, 1.82) is 0 Å². The first-order valence-electron chi connectivity index (χ1n) is 16.3. The molecule has 0 unspecified atom stereocenters. The number of methoxy groups -OCH3 is 2. The van der Waals surface area contributed by atoms with Gasteiger partial charge in [0.05, 0.1) is 20.6 Å². The summed E-state index contributed by atoms with van der Waals surface area (Å²) in [7, 11) is 2.87. The quantitative estimate of drug-likeness (QED) is 0.0493. The first-order valence-corrected chi connectivity index (χ1v) is 16.3. The van der Waals surface area contributed by atoms with Gasteiger partial charge >= 0.3 is 11.9 Å². The number of phenols is 2. The van der Waals surface area contributed by atoms with Crippen molar-refractivity contribution in [2.45, 2.75) is 77.8 Å². The van der Waals surface area contributed by atoms with Crippen molar-refractivity contribution >= 4 is 53.5 Å². The van der Waals surface area contributed by atoms with Crippen LogP contribution in [0, 0.1) is 0 Å². The van der Waals surface area contributed by atoms with Crippen LogP contribution in [0.15, 0.2) is 48.6 Å². The minimum absolute atomic E-state index is 0.00662. The highest BCUT2D eigenvalue weighted by Gasteiger charge is 2.30. The number of hydrogen-bond donors (Lipinski definition) is 7.